The van der Waals surface area contributed by atoms with Gasteiger partial charge < -0.3 is 59.3 Å². The third-order valence-electron chi connectivity index (χ3n) is 9.56. The van der Waals surface area contributed by atoms with Crippen LogP contribution < -0.4 is 14.8 Å². The first kappa shape index (κ1) is 33.4. The predicted molar refractivity (Wildman–Crippen MR) is 155 cm³/mol. The zero-order chi connectivity index (χ0) is 32.5. The number of methoxy groups -OCH3 is 1. The number of hydrogen-bond donors (Lipinski definition) is 7. The van der Waals surface area contributed by atoms with Gasteiger partial charge in [0.15, 0.2) is 23.2 Å². The summed E-state index contributed by atoms with van der Waals surface area (Å²) in [6.07, 6.45) is -4.97. The summed E-state index contributed by atoms with van der Waals surface area (Å²) in [5, 5.41) is 65.9. The van der Waals surface area contributed by atoms with Gasteiger partial charge in [-0.3, -0.25) is 9.59 Å². The van der Waals surface area contributed by atoms with Crippen molar-refractivity contribution in [2.24, 2.45) is 5.41 Å². The Morgan fingerprint density at radius 2 is 1.93 bits per heavy atom. The Balaban J connectivity index is 1.62. The van der Waals surface area contributed by atoms with Crippen LogP contribution in [-0.4, -0.2) is 106 Å². The molecule has 1 aromatic carbocycles. The van der Waals surface area contributed by atoms with E-state index < -0.39 is 47.9 Å². The van der Waals surface area contributed by atoms with Crippen LogP contribution in [0, 0.1) is 5.41 Å². The maximum atomic E-state index is 13.0. The maximum Gasteiger partial charge on any atom is 0.306 e. The number of aryl methyl sites for hydroxylation is 1. The van der Waals surface area contributed by atoms with Crippen LogP contribution in [0.5, 0.6) is 11.5 Å². The zero-order valence-electron chi connectivity index (χ0n) is 25.4. The number of hydrogen-bond acceptors (Lipinski definition) is 13. The van der Waals surface area contributed by atoms with Crippen LogP contribution in [-0.2, 0) is 25.5 Å². The molecule has 1 aliphatic carbocycles. The van der Waals surface area contributed by atoms with Crippen molar-refractivity contribution >= 4 is 22.8 Å². The third-order valence-corrected chi connectivity index (χ3v) is 9.56. The van der Waals surface area contributed by atoms with Gasteiger partial charge in [0.05, 0.1) is 25.4 Å². The molecular formula is C31H43NO13. The SMILES string of the molecule is CCOC(=O)CCc1cc2c([C@@H]3CNC(=O)C34CCCC4)coc2c(OC)c1O[C@H]1O[C@H](C(O)O)[C@@H](O)[C@H](O)[C@]1(O)CCCO. The van der Waals surface area contributed by atoms with E-state index in [0.717, 1.165) is 31.2 Å². The van der Waals surface area contributed by atoms with E-state index in [2.05, 4.69) is 5.32 Å². The highest BCUT2D eigenvalue weighted by molar-refractivity contribution is 5.93. The van der Waals surface area contributed by atoms with Gasteiger partial charge in [-0.2, -0.15) is 0 Å². The number of aliphatic hydroxyl groups is 6. The van der Waals surface area contributed by atoms with Crippen LogP contribution in [0.2, 0.25) is 0 Å². The van der Waals surface area contributed by atoms with Crippen molar-refractivity contribution < 1.29 is 63.6 Å². The lowest BCUT2D eigenvalue weighted by molar-refractivity contribution is -0.345. The molecule has 0 radical (unpaired) electrons. The van der Waals surface area contributed by atoms with Gasteiger partial charge in [0, 0.05) is 36.4 Å². The molecular weight excluding hydrogens is 594 g/mol. The summed E-state index contributed by atoms with van der Waals surface area (Å²) in [6.45, 7) is 1.94. The normalized spacial score (nSPS) is 29.4. The molecule has 2 saturated heterocycles. The molecule has 6 atom stereocenters. The maximum absolute atomic E-state index is 13.0. The molecule has 14 nitrogen and oxygen atoms in total. The first-order valence-electron chi connectivity index (χ1n) is 15.4. The monoisotopic (exact) mass is 637 g/mol. The highest BCUT2D eigenvalue weighted by Crippen LogP contribution is 2.54. The van der Waals surface area contributed by atoms with E-state index in [1.54, 1.807) is 19.3 Å². The van der Waals surface area contributed by atoms with Crippen molar-refractivity contribution in [3.05, 3.63) is 23.5 Å². The van der Waals surface area contributed by atoms with E-state index in [4.69, 9.17) is 23.4 Å². The highest BCUT2D eigenvalue weighted by Gasteiger charge is 2.58. The second-order valence-corrected chi connectivity index (χ2v) is 12.1. The Hall–Kier alpha value is -2.98. The van der Waals surface area contributed by atoms with Gasteiger partial charge in [0.2, 0.25) is 17.9 Å². The fourth-order valence-corrected chi connectivity index (χ4v) is 7.21. The summed E-state index contributed by atoms with van der Waals surface area (Å²) in [5.74, 6) is -0.566. The number of carbonyl (C=O) groups excluding carboxylic acids is 2. The van der Waals surface area contributed by atoms with Gasteiger partial charge in [-0.15, -0.1) is 0 Å². The van der Waals surface area contributed by atoms with E-state index >= 15 is 0 Å². The number of ether oxygens (including phenoxy) is 4. The summed E-state index contributed by atoms with van der Waals surface area (Å²) < 4.78 is 28.8. The van der Waals surface area contributed by atoms with Gasteiger partial charge in [0.25, 0.3) is 0 Å². The lowest BCUT2D eigenvalue weighted by Gasteiger charge is -2.48. The van der Waals surface area contributed by atoms with Crippen LogP contribution in [0.15, 0.2) is 16.7 Å². The molecule has 2 aliphatic heterocycles. The summed E-state index contributed by atoms with van der Waals surface area (Å²) >= 11 is 0. The molecule has 5 rings (SSSR count). The van der Waals surface area contributed by atoms with E-state index in [0.29, 0.717) is 17.5 Å². The number of amides is 1. The van der Waals surface area contributed by atoms with Crippen molar-refractivity contribution in [2.45, 2.75) is 101 Å². The fourth-order valence-electron chi connectivity index (χ4n) is 7.21. The fraction of sp³-hybridized carbons (Fsp3) is 0.677. The topological polar surface area (TPSA) is 218 Å². The Morgan fingerprint density at radius 3 is 2.58 bits per heavy atom. The number of nitrogens with one attached hydrogen (secondary N) is 1. The minimum Gasteiger partial charge on any atom is -0.490 e. The average molecular weight is 638 g/mol. The van der Waals surface area contributed by atoms with Crippen molar-refractivity contribution in [3.63, 3.8) is 0 Å². The molecule has 0 bridgehead atoms. The van der Waals surface area contributed by atoms with Crippen LogP contribution in [0.4, 0.5) is 0 Å². The number of fused-ring (bicyclic) bond motifs is 1. The summed E-state index contributed by atoms with van der Waals surface area (Å²) in [4.78, 5) is 25.5. The minimum absolute atomic E-state index is 0.0147. The number of benzene rings is 1. The van der Waals surface area contributed by atoms with Gasteiger partial charge in [-0.05, 0) is 50.7 Å². The predicted octanol–water partition coefficient (Wildman–Crippen LogP) is 0.351. The third kappa shape index (κ3) is 5.88. The zero-order valence-corrected chi connectivity index (χ0v) is 25.4. The van der Waals surface area contributed by atoms with Gasteiger partial charge >= 0.3 is 5.97 Å². The van der Waals surface area contributed by atoms with Crippen LogP contribution in [0.25, 0.3) is 11.0 Å². The van der Waals surface area contributed by atoms with Crippen molar-refractivity contribution in [1.82, 2.24) is 5.32 Å². The lowest BCUT2D eigenvalue weighted by Crippen LogP contribution is -2.69. The summed E-state index contributed by atoms with van der Waals surface area (Å²) in [6, 6.07) is 1.76. The molecule has 2 aromatic rings. The number of esters is 1. The molecule has 1 spiro atoms. The van der Waals surface area contributed by atoms with E-state index in [-0.39, 0.29) is 67.8 Å². The van der Waals surface area contributed by atoms with Crippen molar-refractivity contribution in [2.75, 3.05) is 26.9 Å². The molecule has 3 aliphatic rings. The number of rotatable bonds is 12. The highest BCUT2D eigenvalue weighted by atomic mass is 16.7. The molecule has 1 amide bonds. The smallest absolute Gasteiger partial charge is 0.306 e. The second kappa shape index (κ2) is 13.4. The largest absolute Gasteiger partial charge is 0.490 e. The molecule has 3 fully saturated rings. The number of carbonyl (C=O) groups is 2. The van der Waals surface area contributed by atoms with Crippen LogP contribution >= 0.6 is 0 Å². The van der Waals surface area contributed by atoms with Gasteiger partial charge in [-0.1, -0.05) is 12.8 Å². The second-order valence-electron chi connectivity index (χ2n) is 12.1. The lowest BCUT2D eigenvalue weighted by atomic mass is 9.72. The first-order chi connectivity index (χ1) is 21.5. The standard InChI is InChI=1S/C31H43NO13/c1-3-42-20(34)8-7-16-13-17-18(19-14-32-28(39)30(19)9-4-5-10-30)15-43-23(17)25(41-2)22(16)44-29-31(40,11-6-12-33)26(36)21(35)24(45-29)27(37)38/h13,15,19,21,24,26-27,29,33,35-38,40H,3-12,14H2,1-2H3,(H,32,39)/t19-,21+,24-,26-,29-,31+/m0/s1. The van der Waals surface area contributed by atoms with E-state index in [9.17, 15) is 40.2 Å². The van der Waals surface area contributed by atoms with Crippen molar-refractivity contribution in [1.29, 1.82) is 0 Å². The van der Waals surface area contributed by atoms with Gasteiger partial charge in [-0.25, -0.2) is 0 Å². The number of aliphatic hydroxyl groups excluding tert-OH is 4. The molecule has 250 valence electrons. The first-order valence-corrected chi connectivity index (χ1v) is 15.4. The summed E-state index contributed by atoms with van der Waals surface area (Å²) in [7, 11) is 1.37. The molecule has 1 aromatic heterocycles. The average Bonchev–Trinajstić information content (AvgIpc) is 3.75. The van der Waals surface area contributed by atoms with Crippen LogP contribution in [0.3, 0.4) is 0 Å². The number of furan rings is 1. The van der Waals surface area contributed by atoms with E-state index in [1.165, 1.54) is 7.11 Å². The Kier molecular flexibility index (Phi) is 9.94. The van der Waals surface area contributed by atoms with Crippen molar-refractivity contribution in [3.8, 4) is 11.5 Å². The minimum atomic E-state index is -2.31. The molecule has 45 heavy (non-hydrogen) atoms. The molecule has 7 N–H and O–H groups in total. The Bertz CT molecular complexity index is 1370. The molecule has 14 heteroatoms. The Morgan fingerprint density at radius 1 is 1.20 bits per heavy atom. The van der Waals surface area contributed by atoms with E-state index in [1.807, 2.05) is 0 Å². The molecule has 1 saturated carbocycles. The molecule has 0 unspecified atom stereocenters. The van der Waals surface area contributed by atoms with Gasteiger partial charge in [0.1, 0.15) is 18.3 Å². The summed E-state index contributed by atoms with van der Waals surface area (Å²) in [5.41, 5.74) is -1.39. The quantitative estimate of drug-likeness (QED) is 0.124. The van der Waals surface area contributed by atoms with Crippen LogP contribution in [0.1, 0.15) is 68.9 Å². The Labute approximate surface area is 259 Å². The molecule has 3 heterocycles.